The Morgan fingerprint density at radius 1 is 1.11 bits per heavy atom. The van der Waals surface area contributed by atoms with Gasteiger partial charge in [0.1, 0.15) is 29.6 Å². The molecule has 0 saturated carbocycles. The van der Waals surface area contributed by atoms with Crippen molar-refractivity contribution in [1.82, 2.24) is 0 Å². The molecule has 27 heavy (non-hydrogen) atoms. The number of hydrogen-bond donors (Lipinski definition) is 2. The van der Waals surface area contributed by atoms with Crippen LogP contribution in [-0.2, 0) is 11.4 Å². The first kappa shape index (κ1) is 18.5. The summed E-state index contributed by atoms with van der Waals surface area (Å²) in [5.74, 6) is 1.91. The third kappa shape index (κ3) is 4.68. The van der Waals surface area contributed by atoms with Crippen molar-refractivity contribution in [3.8, 4) is 22.8 Å². The fourth-order valence-electron chi connectivity index (χ4n) is 2.55. The second-order valence-corrected chi connectivity index (χ2v) is 5.99. The highest BCUT2D eigenvalue weighted by Gasteiger charge is 2.12. The summed E-state index contributed by atoms with van der Waals surface area (Å²) < 4.78 is 16.4. The van der Waals surface area contributed by atoms with Crippen LogP contribution in [0.15, 0.2) is 59.0 Å². The Morgan fingerprint density at radius 3 is 2.56 bits per heavy atom. The van der Waals surface area contributed by atoms with Gasteiger partial charge in [-0.05, 0) is 49.4 Å². The van der Waals surface area contributed by atoms with Crippen molar-refractivity contribution in [2.24, 2.45) is 0 Å². The highest BCUT2D eigenvalue weighted by atomic mass is 16.5. The van der Waals surface area contributed by atoms with Crippen LogP contribution < -0.4 is 14.8 Å². The molecular weight excluding hydrogens is 346 g/mol. The lowest BCUT2D eigenvalue weighted by molar-refractivity contribution is -0.118. The van der Waals surface area contributed by atoms with Crippen LogP contribution in [0, 0.1) is 6.92 Å². The van der Waals surface area contributed by atoms with E-state index in [0.29, 0.717) is 28.7 Å². The Kier molecular flexibility index (Phi) is 5.78. The van der Waals surface area contributed by atoms with Gasteiger partial charge >= 0.3 is 0 Å². The Bertz CT molecular complexity index is 915. The minimum atomic E-state index is -0.304. The van der Waals surface area contributed by atoms with Gasteiger partial charge in [0.25, 0.3) is 5.91 Å². The maximum Gasteiger partial charge on any atom is 0.262 e. The number of anilines is 1. The molecule has 0 spiro atoms. The minimum absolute atomic E-state index is 0.119. The van der Waals surface area contributed by atoms with Crippen molar-refractivity contribution >= 4 is 11.6 Å². The Labute approximate surface area is 157 Å². The van der Waals surface area contributed by atoms with Gasteiger partial charge in [-0.3, -0.25) is 4.79 Å². The molecule has 2 N–H and O–H groups in total. The van der Waals surface area contributed by atoms with Crippen molar-refractivity contribution in [3.05, 3.63) is 65.9 Å². The normalized spacial score (nSPS) is 10.5. The molecule has 0 radical (unpaired) electrons. The molecule has 6 heteroatoms. The third-order valence-corrected chi connectivity index (χ3v) is 3.97. The number of carbonyl (C=O) groups excluding carboxylic acids is 1. The maximum absolute atomic E-state index is 12.3. The monoisotopic (exact) mass is 367 g/mol. The lowest BCUT2D eigenvalue weighted by Crippen LogP contribution is -2.20. The molecule has 1 amide bonds. The van der Waals surface area contributed by atoms with E-state index in [-0.39, 0.29) is 19.1 Å². The van der Waals surface area contributed by atoms with Gasteiger partial charge in [0, 0.05) is 5.56 Å². The largest absolute Gasteiger partial charge is 0.495 e. The zero-order valence-corrected chi connectivity index (χ0v) is 15.2. The smallest absolute Gasteiger partial charge is 0.262 e. The third-order valence-electron chi connectivity index (χ3n) is 3.97. The summed E-state index contributed by atoms with van der Waals surface area (Å²) >= 11 is 0. The number of rotatable bonds is 7. The van der Waals surface area contributed by atoms with Crippen LogP contribution in [0.4, 0.5) is 5.69 Å². The van der Waals surface area contributed by atoms with Gasteiger partial charge in [0.05, 0.1) is 12.8 Å². The Balaban J connectivity index is 1.71. The fraction of sp³-hybridized carbons (Fsp3) is 0.190. The van der Waals surface area contributed by atoms with E-state index in [9.17, 15) is 4.79 Å². The molecule has 2 aromatic carbocycles. The highest BCUT2D eigenvalue weighted by molar-refractivity contribution is 5.94. The number of benzene rings is 2. The predicted molar refractivity (Wildman–Crippen MR) is 102 cm³/mol. The number of aliphatic hydroxyl groups excluding tert-OH is 1. The molecule has 1 aromatic heterocycles. The van der Waals surface area contributed by atoms with E-state index >= 15 is 0 Å². The number of aliphatic hydroxyl groups is 1. The topological polar surface area (TPSA) is 80.9 Å². The molecule has 140 valence electrons. The lowest BCUT2D eigenvalue weighted by atomic mass is 10.1. The summed E-state index contributed by atoms with van der Waals surface area (Å²) in [6.07, 6.45) is 0. The number of furan rings is 1. The van der Waals surface area contributed by atoms with Gasteiger partial charge in [-0.2, -0.15) is 0 Å². The molecule has 0 saturated heterocycles. The highest BCUT2D eigenvalue weighted by Crippen LogP contribution is 2.31. The average molecular weight is 367 g/mol. The van der Waals surface area contributed by atoms with Gasteiger partial charge < -0.3 is 24.3 Å². The van der Waals surface area contributed by atoms with Gasteiger partial charge in [-0.25, -0.2) is 0 Å². The number of hydrogen-bond acceptors (Lipinski definition) is 5. The lowest BCUT2D eigenvalue weighted by Gasteiger charge is -2.12. The van der Waals surface area contributed by atoms with Gasteiger partial charge in [-0.1, -0.05) is 17.7 Å². The van der Waals surface area contributed by atoms with Crippen LogP contribution in [0.1, 0.15) is 11.3 Å². The van der Waals surface area contributed by atoms with Crippen molar-refractivity contribution in [2.45, 2.75) is 13.5 Å². The predicted octanol–water partition coefficient (Wildman–Crippen LogP) is 3.77. The molecular formula is C21H21NO5. The van der Waals surface area contributed by atoms with E-state index in [0.717, 1.165) is 11.1 Å². The zero-order chi connectivity index (χ0) is 19.2. The first-order valence-electron chi connectivity index (χ1n) is 8.46. The number of carbonyl (C=O) groups is 1. The van der Waals surface area contributed by atoms with E-state index in [2.05, 4.69) is 5.32 Å². The van der Waals surface area contributed by atoms with E-state index in [4.69, 9.17) is 19.0 Å². The number of methoxy groups -OCH3 is 1. The average Bonchev–Trinajstić information content (AvgIpc) is 3.17. The first-order valence-corrected chi connectivity index (χ1v) is 8.46. The molecule has 0 aliphatic carbocycles. The first-order chi connectivity index (χ1) is 13.1. The van der Waals surface area contributed by atoms with Gasteiger partial charge in [0.2, 0.25) is 0 Å². The summed E-state index contributed by atoms with van der Waals surface area (Å²) in [6, 6.07) is 16.3. The Hall–Kier alpha value is -3.25. The molecule has 0 unspecified atom stereocenters. The van der Waals surface area contributed by atoms with Crippen LogP contribution in [0.25, 0.3) is 11.3 Å². The molecule has 0 aliphatic heterocycles. The number of ether oxygens (including phenoxy) is 2. The molecule has 3 aromatic rings. The number of amides is 1. The van der Waals surface area contributed by atoms with Crippen LogP contribution in [0.2, 0.25) is 0 Å². The molecule has 6 nitrogen and oxygen atoms in total. The van der Waals surface area contributed by atoms with Gasteiger partial charge in [0.15, 0.2) is 6.61 Å². The standard InChI is InChI=1S/C21H21NO5/c1-14-3-6-16(7-4-14)26-13-21(24)22-18-11-15(5-9-20(18)25-2)19-10-8-17(12-23)27-19/h3-11,23H,12-13H2,1-2H3,(H,22,24). The van der Waals surface area contributed by atoms with Crippen LogP contribution in [0.3, 0.4) is 0 Å². The van der Waals surface area contributed by atoms with Crippen molar-refractivity contribution in [2.75, 3.05) is 19.0 Å². The minimum Gasteiger partial charge on any atom is -0.495 e. The van der Waals surface area contributed by atoms with Crippen molar-refractivity contribution < 1.29 is 23.8 Å². The quantitative estimate of drug-likeness (QED) is 0.664. The van der Waals surface area contributed by atoms with Crippen molar-refractivity contribution in [1.29, 1.82) is 0 Å². The number of aryl methyl sites for hydroxylation is 1. The Morgan fingerprint density at radius 2 is 1.89 bits per heavy atom. The second kappa shape index (κ2) is 8.42. The fourth-order valence-corrected chi connectivity index (χ4v) is 2.55. The van der Waals surface area contributed by atoms with Crippen LogP contribution >= 0.6 is 0 Å². The zero-order valence-electron chi connectivity index (χ0n) is 15.2. The molecule has 3 rings (SSSR count). The SMILES string of the molecule is COc1ccc(-c2ccc(CO)o2)cc1NC(=O)COc1ccc(C)cc1. The molecule has 0 bridgehead atoms. The van der Waals surface area contributed by atoms with Crippen molar-refractivity contribution in [3.63, 3.8) is 0 Å². The second-order valence-electron chi connectivity index (χ2n) is 5.99. The summed E-state index contributed by atoms with van der Waals surface area (Å²) in [5.41, 5.74) is 2.38. The van der Waals surface area contributed by atoms with E-state index in [1.54, 1.807) is 24.3 Å². The molecule has 0 atom stereocenters. The van der Waals surface area contributed by atoms with Crippen LogP contribution in [0.5, 0.6) is 11.5 Å². The van der Waals surface area contributed by atoms with Gasteiger partial charge in [-0.15, -0.1) is 0 Å². The summed E-state index contributed by atoms with van der Waals surface area (Å²) in [6.45, 7) is 1.69. The maximum atomic E-state index is 12.3. The molecule has 0 fully saturated rings. The van der Waals surface area contributed by atoms with Crippen LogP contribution in [-0.4, -0.2) is 24.7 Å². The van der Waals surface area contributed by atoms with E-state index < -0.39 is 0 Å². The number of nitrogens with one attached hydrogen (secondary N) is 1. The van der Waals surface area contributed by atoms with E-state index in [1.165, 1.54) is 7.11 Å². The molecule has 1 heterocycles. The van der Waals surface area contributed by atoms with E-state index in [1.807, 2.05) is 37.3 Å². The summed E-state index contributed by atoms with van der Waals surface area (Å²) in [7, 11) is 1.53. The summed E-state index contributed by atoms with van der Waals surface area (Å²) in [4.78, 5) is 12.3. The summed E-state index contributed by atoms with van der Waals surface area (Å²) in [5, 5.41) is 11.9. The molecule has 0 aliphatic rings.